The monoisotopic (exact) mass is 928 g/mol. The number of benzene rings is 1. The van der Waals surface area contributed by atoms with Gasteiger partial charge in [0, 0.05) is 44.9 Å². The van der Waals surface area contributed by atoms with Gasteiger partial charge in [0.25, 0.3) is 0 Å². The van der Waals surface area contributed by atoms with Gasteiger partial charge in [-0.05, 0) is 82.9 Å². The van der Waals surface area contributed by atoms with E-state index in [9.17, 15) is 14.7 Å². The van der Waals surface area contributed by atoms with Crippen LogP contribution in [0.25, 0.3) is 0 Å². The van der Waals surface area contributed by atoms with Crippen molar-refractivity contribution in [2.24, 2.45) is 5.92 Å². The number of carbonyl (C=O) groups is 2. The summed E-state index contributed by atoms with van der Waals surface area (Å²) in [5.41, 5.74) is 1.12. The molecule has 0 radical (unpaired) electrons. The van der Waals surface area contributed by atoms with Crippen molar-refractivity contribution in [2.75, 3.05) is 59.3 Å². The molecule has 10 nitrogen and oxygen atoms in total. The molecule has 0 saturated carbocycles. The molecule has 2 rings (SSSR count). The zero-order chi connectivity index (χ0) is 47.4. The molecule has 1 aromatic rings. The highest BCUT2D eigenvalue weighted by molar-refractivity contribution is 5.69. The number of hydrogen-bond donors (Lipinski definition) is 1. The Morgan fingerprint density at radius 2 is 1.12 bits per heavy atom. The van der Waals surface area contributed by atoms with Crippen LogP contribution in [0.2, 0.25) is 0 Å². The third-order valence-corrected chi connectivity index (χ3v) is 12.4. The van der Waals surface area contributed by atoms with Crippen LogP contribution in [0.3, 0.4) is 0 Å². The minimum atomic E-state index is -1.09. The van der Waals surface area contributed by atoms with E-state index in [4.69, 9.17) is 28.4 Å². The molecule has 1 aliphatic rings. The number of aliphatic hydroxyl groups excluding tert-OH is 1. The number of carbonyl (C=O) groups excluding carboxylic acids is 2. The van der Waals surface area contributed by atoms with E-state index in [-0.39, 0.29) is 38.3 Å². The molecule has 0 aliphatic carbocycles. The molecular formula is C56H97NO9. The third-order valence-electron chi connectivity index (χ3n) is 12.4. The molecule has 1 heterocycles. The highest BCUT2D eigenvalue weighted by Gasteiger charge is 2.23. The Morgan fingerprint density at radius 3 is 1.76 bits per heavy atom. The molecule has 3 atom stereocenters. The van der Waals surface area contributed by atoms with Gasteiger partial charge in [0.2, 0.25) is 0 Å². The van der Waals surface area contributed by atoms with Gasteiger partial charge >= 0.3 is 12.1 Å². The lowest BCUT2D eigenvalue weighted by atomic mass is 9.99. The zero-order valence-corrected chi connectivity index (χ0v) is 42.3. The normalized spacial score (nSPS) is 14.7. The molecule has 1 N–H and O–H groups in total. The highest BCUT2D eigenvalue weighted by Crippen LogP contribution is 2.21. The van der Waals surface area contributed by atoms with E-state index in [2.05, 4.69) is 62.1 Å². The highest BCUT2D eigenvalue weighted by atomic mass is 16.7. The molecule has 1 aliphatic heterocycles. The van der Waals surface area contributed by atoms with Gasteiger partial charge in [-0.25, -0.2) is 4.79 Å². The van der Waals surface area contributed by atoms with Crippen molar-refractivity contribution >= 4 is 12.1 Å². The van der Waals surface area contributed by atoms with E-state index >= 15 is 0 Å². The summed E-state index contributed by atoms with van der Waals surface area (Å²) in [6.45, 7) is 11.0. The molecule has 66 heavy (non-hydrogen) atoms. The fraction of sp³-hybridized carbons (Fsp3) is 0.786. The first-order valence-electron chi connectivity index (χ1n) is 27.0. The lowest BCUT2D eigenvalue weighted by molar-refractivity contribution is -0.170. The molecule has 1 fully saturated rings. The SMILES string of the molecule is CCCCC/C=C\C/C=C\CCCCCCCC(=O)OCC(COC(=O)OCC(CN1CCCC1)c1ccccc1)COC(O)CCC(OCCCCCCCC)OCCCCCCCC. The average molecular weight is 928 g/mol. The van der Waals surface area contributed by atoms with Crippen LogP contribution in [-0.4, -0.2) is 94.0 Å². The summed E-state index contributed by atoms with van der Waals surface area (Å²) in [7, 11) is 0. The maximum Gasteiger partial charge on any atom is 0.508 e. The number of ether oxygens (including phenoxy) is 6. The van der Waals surface area contributed by atoms with E-state index < -0.39 is 24.7 Å². The first-order chi connectivity index (χ1) is 32.4. The van der Waals surface area contributed by atoms with E-state index in [0.29, 0.717) is 32.5 Å². The lowest BCUT2D eigenvalue weighted by Crippen LogP contribution is -2.30. The maximum atomic E-state index is 13.0. The van der Waals surface area contributed by atoms with Gasteiger partial charge in [-0.15, -0.1) is 0 Å². The smallest absolute Gasteiger partial charge is 0.465 e. The summed E-state index contributed by atoms with van der Waals surface area (Å²) < 4.78 is 35.2. The van der Waals surface area contributed by atoms with Crippen LogP contribution in [-0.2, 0) is 33.2 Å². The lowest BCUT2D eigenvalue weighted by Gasteiger charge is -2.24. The summed E-state index contributed by atoms with van der Waals surface area (Å²) >= 11 is 0. The van der Waals surface area contributed by atoms with Crippen LogP contribution in [0.15, 0.2) is 54.6 Å². The Kier molecular flexibility index (Phi) is 39.1. The number of likely N-dealkylation sites (tertiary alicyclic amines) is 1. The molecule has 3 unspecified atom stereocenters. The van der Waals surface area contributed by atoms with Gasteiger partial charge in [-0.1, -0.05) is 172 Å². The first-order valence-corrected chi connectivity index (χ1v) is 27.0. The van der Waals surface area contributed by atoms with Crippen LogP contribution < -0.4 is 0 Å². The molecule has 0 aromatic heterocycles. The van der Waals surface area contributed by atoms with Gasteiger partial charge in [0.1, 0.15) is 13.2 Å². The zero-order valence-electron chi connectivity index (χ0n) is 42.3. The van der Waals surface area contributed by atoms with Crippen LogP contribution in [0.1, 0.15) is 212 Å². The predicted molar refractivity (Wildman–Crippen MR) is 270 cm³/mol. The van der Waals surface area contributed by atoms with E-state index in [0.717, 1.165) is 95.8 Å². The Balaban J connectivity index is 1.86. The number of hydrogen-bond acceptors (Lipinski definition) is 10. The van der Waals surface area contributed by atoms with Gasteiger partial charge in [0.05, 0.1) is 19.1 Å². The number of nitrogens with zero attached hydrogens (tertiary/aromatic N) is 1. The minimum Gasteiger partial charge on any atom is -0.465 e. The van der Waals surface area contributed by atoms with Crippen molar-refractivity contribution in [1.29, 1.82) is 0 Å². The van der Waals surface area contributed by atoms with Crippen LogP contribution in [0, 0.1) is 5.92 Å². The van der Waals surface area contributed by atoms with Crippen molar-refractivity contribution in [3.63, 3.8) is 0 Å². The van der Waals surface area contributed by atoms with Crippen molar-refractivity contribution in [2.45, 2.75) is 219 Å². The topological polar surface area (TPSA) is 113 Å². The summed E-state index contributed by atoms with van der Waals surface area (Å²) in [6.07, 6.45) is 36.8. The first kappa shape index (κ1) is 59.4. The fourth-order valence-corrected chi connectivity index (χ4v) is 8.18. The molecule has 1 saturated heterocycles. The number of rotatable bonds is 45. The molecule has 0 bridgehead atoms. The third kappa shape index (κ3) is 34.5. The van der Waals surface area contributed by atoms with Crippen molar-refractivity contribution in [3.8, 4) is 0 Å². The Labute approximate surface area is 403 Å². The van der Waals surface area contributed by atoms with Gasteiger partial charge in [-0.3, -0.25) is 4.79 Å². The van der Waals surface area contributed by atoms with Crippen LogP contribution in [0.4, 0.5) is 4.79 Å². The number of aliphatic hydroxyl groups is 1. The number of esters is 1. The molecule has 1 aromatic carbocycles. The van der Waals surface area contributed by atoms with Gasteiger partial charge in [0.15, 0.2) is 12.6 Å². The summed E-state index contributed by atoms with van der Waals surface area (Å²) in [5.74, 6) is -0.747. The van der Waals surface area contributed by atoms with E-state index in [1.165, 1.54) is 89.9 Å². The molecular weight excluding hydrogens is 831 g/mol. The van der Waals surface area contributed by atoms with E-state index in [1.807, 2.05) is 18.2 Å². The molecule has 0 spiro atoms. The summed E-state index contributed by atoms with van der Waals surface area (Å²) in [6, 6.07) is 10.2. The van der Waals surface area contributed by atoms with Crippen molar-refractivity contribution < 1.29 is 43.1 Å². The minimum absolute atomic E-state index is 0.00601. The second-order valence-electron chi connectivity index (χ2n) is 18.6. The second-order valence-corrected chi connectivity index (χ2v) is 18.6. The van der Waals surface area contributed by atoms with Crippen LogP contribution >= 0.6 is 0 Å². The quantitative estimate of drug-likeness (QED) is 0.0294. The maximum absolute atomic E-state index is 13.0. The standard InChI is InChI=1S/C56H97NO9/c1-4-7-10-13-16-17-18-19-20-21-22-23-24-25-31-38-53(58)63-46-50(48-65-56(60)66-49-52(45-57-41-32-33-42-57)51-36-29-28-30-37-51)47-64-54(59)39-40-55(61-43-34-26-14-11-8-5-2)62-44-35-27-15-12-9-6-3/h16-17,19-20,28-30,36-37,50,52,54-55,59H,4-15,18,21-27,31-35,38-49H2,1-3H3/b17-16-,20-19-. The average Bonchev–Trinajstić information content (AvgIpc) is 3.85. The van der Waals surface area contributed by atoms with Crippen LogP contribution in [0.5, 0.6) is 0 Å². The van der Waals surface area contributed by atoms with Gasteiger partial charge in [-0.2, -0.15) is 0 Å². The molecule has 10 heteroatoms. The largest absolute Gasteiger partial charge is 0.508 e. The summed E-state index contributed by atoms with van der Waals surface area (Å²) in [5, 5.41) is 11.0. The molecule has 380 valence electrons. The summed E-state index contributed by atoms with van der Waals surface area (Å²) in [4.78, 5) is 28.3. The van der Waals surface area contributed by atoms with E-state index in [1.54, 1.807) is 0 Å². The second kappa shape index (κ2) is 43.5. The number of unbranched alkanes of at least 4 members (excludes halogenated alkanes) is 18. The van der Waals surface area contributed by atoms with Gasteiger partial charge < -0.3 is 38.4 Å². The predicted octanol–water partition coefficient (Wildman–Crippen LogP) is 14.2. The Morgan fingerprint density at radius 1 is 0.591 bits per heavy atom. The Hall–Kier alpha value is -2.76. The Bertz CT molecular complexity index is 1290. The fourth-order valence-electron chi connectivity index (χ4n) is 8.18. The van der Waals surface area contributed by atoms with Crippen molar-refractivity contribution in [1.82, 2.24) is 4.90 Å². The number of allylic oxidation sites excluding steroid dienone is 4. The van der Waals surface area contributed by atoms with Crippen molar-refractivity contribution in [3.05, 3.63) is 60.2 Å². The molecule has 0 amide bonds.